The smallest absolute Gasteiger partial charge is 0.309 e. The highest BCUT2D eigenvalue weighted by Crippen LogP contribution is 2.70. The Kier molecular flexibility index (Phi) is 7.55. The van der Waals surface area contributed by atoms with E-state index in [1.54, 1.807) is 12.2 Å². The highest BCUT2D eigenvalue weighted by Gasteiger charge is 2.76. The fourth-order valence-corrected chi connectivity index (χ4v) is 10.8. The van der Waals surface area contributed by atoms with Crippen molar-refractivity contribution in [3.8, 4) is 0 Å². The van der Waals surface area contributed by atoms with Crippen molar-refractivity contribution in [1.82, 2.24) is 4.90 Å². The van der Waals surface area contributed by atoms with Gasteiger partial charge >= 0.3 is 5.97 Å². The zero-order valence-corrected chi connectivity index (χ0v) is 26.1. The van der Waals surface area contributed by atoms with Gasteiger partial charge in [-0.25, -0.2) is 0 Å². The lowest BCUT2D eigenvalue weighted by Crippen LogP contribution is -2.63. The lowest BCUT2D eigenvalue weighted by Gasteiger charge is -2.59. The number of hydrogen-bond acceptors (Lipinski definition) is 8. The highest BCUT2D eigenvalue weighted by atomic mass is 16.7. The molecule has 4 saturated carbocycles. The molecule has 9 atom stereocenters. The molecule has 0 radical (unpaired) electrons. The van der Waals surface area contributed by atoms with Crippen LogP contribution in [0.5, 0.6) is 0 Å². The maximum Gasteiger partial charge on any atom is 0.309 e. The van der Waals surface area contributed by atoms with Gasteiger partial charge in [0, 0.05) is 22.7 Å². The van der Waals surface area contributed by atoms with E-state index in [2.05, 4.69) is 25.8 Å². The number of piperidine rings is 1. The molecular weight excluding hydrogens is 546 g/mol. The third kappa shape index (κ3) is 4.56. The summed E-state index contributed by atoms with van der Waals surface area (Å²) in [4.78, 5) is 42.1. The average Bonchev–Trinajstić information content (AvgIpc) is 3.50. The Morgan fingerprint density at radius 1 is 1.09 bits per heavy atom. The molecule has 0 amide bonds. The number of aliphatic hydroxyl groups excluding tert-OH is 1. The first-order chi connectivity index (χ1) is 20.6. The summed E-state index contributed by atoms with van der Waals surface area (Å²) in [6.07, 6.45) is 13.7. The van der Waals surface area contributed by atoms with Crippen LogP contribution in [0, 0.1) is 40.4 Å². The molecule has 8 nitrogen and oxygen atoms in total. The number of hydrogen-bond donors (Lipinski definition) is 1. The van der Waals surface area contributed by atoms with E-state index in [-0.39, 0.29) is 59.1 Å². The van der Waals surface area contributed by atoms with Crippen molar-refractivity contribution < 1.29 is 33.7 Å². The fourth-order valence-electron chi connectivity index (χ4n) is 10.8. The van der Waals surface area contributed by atoms with Crippen molar-refractivity contribution in [2.75, 3.05) is 26.7 Å². The summed E-state index contributed by atoms with van der Waals surface area (Å²) in [7, 11) is 2.05. The van der Waals surface area contributed by atoms with Gasteiger partial charge in [-0.05, 0) is 95.5 Å². The molecule has 0 unspecified atom stereocenters. The third-order valence-electron chi connectivity index (χ3n) is 13.1. The maximum absolute atomic E-state index is 14.5. The van der Waals surface area contributed by atoms with Crippen LogP contribution in [0.2, 0.25) is 0 Å². The molecule has 6 fully saturated rings. The molecule has 0 bridgehead atoms. The van der Waals surface area contributed by atoms with Gasteiger partial charge in [0.05, 0.1) is 18.1 Å². The van der Waals surface area contributed by atoms with Crippen molar-refractivity contribution in [3.05, 3.63) is 23.8 Å². The number of rotatable bonds is 5. The molecule has 5 aliphatic carbocycles. The average molecular weight is 596 g/mol. The Morgan fingerprint density at radius 2 is 1.84 bits per heavy atom. The molecule has 0 aromatic rings. The van der Waals surface area contributed by atoms with Crippen LogP contribution >= 0.6 is 0 Å². The Labute approximate surface area is 255 Å². The van der Waals surface area contributed by atoms with E-state index in [1.165, 1.54) is 6.42 Å². The molecule has 0 aromatic heterocycles. The van der Waals surface area contributed by atoms with E-state index in [1.807, 2.05) is 6.08 Å². The summed E-state index contributed by atoms with van der Waals surface area (Å²) in [5.41, 5.74) is -1.19. The van der Waals surface area contributed by atoms with Gasteiger partial charge < -0.3 is 24.2 Å². The van der Waals surface area contributed by atoms with Crippen LogP contribution in [0.3, 0.4) is 0 Å². The zero-order chi connectivity index (χ0) is 30.1. The molecule has 7 rings (SSSR count). The van der Waals surface area contributed by atoms with Crippen LogP contribution in [-0.4, -0.2) is 78.4 Å². The first-order valence-corrected chi connectivity index (χ1v) is 16.9. The van der Waals surface area contributed by atoms with E-state index in [0.29, 0.717) is 12.8 Å². The second-order valence-corrected chi connectivity index (χ2v) is 15.3. The predicted octanol–water partition coefficient (Wildman–Crippen LogP) is 4.39. The van der Waals surface area contributed by atoms with Crippen molar-refractivity contribution in [2.24, 2.45) is 40.4 Å². The van der Waals surface area contributed by atoms with E-state index in [0.717, 1.165) is 70.0 Å². The molecule has 0 spiro atoms. The van der Waals surface area contributed by atoms with Crippen molar-refractivity contribution >= 4 is 17.5 Å². The van der Waals surface area contributed by atoms with Crippen LogP contribution in [0.25, 0.3) is 0 Å². The summed E-state index contributed by atoms with van der Waals surface area (Å²) in [6.45, 7) is 5.67. The topological polar surface area (TPSA) is 102 Å². The van der Waals surface area contributed by atoms with Crippen LogP contribution in [0.15, 0.2) is 23.8 Å². The summed E-state index contributed by atoms with van der Waals surface area (Å²) in [5, 5.41) is 12.0. The standard InChI is InChI=1S/C35H49NO7/c1-33-14-11-24(37)17-23(33)9-10-25-26-18-29-35(34(26,2)19-27(38)30(25)33,43-32(42-29)22-7-5-4-6-8-22)28(39)20-41-31(40)21-12-15-36(3)16-13-21/h11,14,17,21-22,25-27,29-30,32,38H,4-10,12-13,15-16,18-20H2,1-3H3/t25-,26-,27-,29+,30+,32+,33-,34-,35+/m0/s1. The first-order valence-electron chi connectivity index (χ1n) is 16.9. The highest BCUT2D eigenvalue weighted by molar-refractivity contribution is 6.01. The van der Waals surface area contributed by atoms with Crippen molar-refractivity contribution in [1.29, 1.82) is 0 Å². The number of carbonyl (C=O) groups excluding carboxylic acids is 3. The molecule has 7 aliphatic rings. The number of nitrogens with zero attached hydrogens (tertiary/aromatic N) is 1. The summed E-state index contributed by atoms with van der Waals surface area (Å²) >= 11 is 0. The molecule has 43 heavy (non-hydrogen) atoms. The van der Waals surface area contributed by atoms with Gasteiger partial charge in [-0.15, -0.1) is 0 Å². The van der Waals surface area contributed by atoms with E-state index >= 15 is 0 Å². The molecule has 2 aliphatic heterocycles. The molecule has 2 saturated heterocycles. The number of fused-ring (bicyclic) bond motifs is 7. The maximum atomic E-state index is 14.5. The normalized spacial score (nSPS) is 45.1. The zero-order valence-electron chi connectivity index (χ0n) is 26.1. The number of esters is 1. The predicted molar refractivity (Wildman–Crippen MR) is 159 cm³/mol. The van der Waals surface area contributed by atoms with Gasteiger partial charge in [-0.3, -0.25) is 14.4 Å². The molecular formula is C35H49NO7. The van der Waals surface area contributed by atoms with Gasteiger partial charge in [-0.2, -0.15) is 0 Å². The van der Waals surface area contributed by atoms with Gasteiger partial charge in [0.15, 0.2) is 24.3 Å². The van der Waals surface area contributed by atoms with E-state index in [9.17, 15) is 19.5 Å². The SMILES string of the molecule is CN1CCC(C(=O)OCC(=O)[C@@]23O[C@H](C4CCCCC4)O[C@@H]2C[C@H]2[C@@H]4CCC5=CC(=O)C=C[C@]5(C)[C@H]4[C@@H](O)C[C@@]23C)CC1. The van der Waals surface area contributed by atoms with Crippen LogP contribution < -0.4 is 0 Å². The third-order valence-corrected chi connectivity index (χ3v) is 13.1. The Balaban J connectivity index is 1.18. The van der Waals surface area contributed by atoms with Gasteiger partial charge in [0.2, 0.25) is 5.78 Å². The molecule has 8 heteroatoms. The van der Waals surface area contributed by atoms with Crippen LogP contribution in [-0.2, 0) is 28.6 Å². The van der Waals surface area contributed by atoms with Crippen LogP contribution in [0.1, 0.15) is 84.5 Å². The first kappa shape index (κ1) is 29.8. The second-order valence-electron chi connectivity index (χ2n) is 15.3. The Hall–Kier alpha value is -1.87. The fraction of sp³-hybridized carbons (Fsp3) is 0.800. The number of Topliss-reactive ketones (excluding diaryl/α,β-unsaturated/α-hetero) is 1. The number of allylic oxidation sites excluding steroid dienone is 4. The van der Waals surface area contributed by atoms with Gasteiger partial charge in [0.25, 0.3) is 0 Å². The minimum atomic E-state index is -1.26. The Bertz CT molecular complexity index is 1210. The van der Waals surface area contributed by atoms with Crippen molar-refractivity contribution in [2.45, 2.75) is 109 Å². The summed E-state index contributed by atoms with van der Waals surface area (Å²) in [5.74, 6) is -0.193. The largest absolute Gasteiger partial charge is 0.457 e. The van der Waals surface area contributed by atoms with Gasteiger partial charge in [-0.1, -0.05) is 44.8 Å². The number of ketones is 2. The summed E-state index contributed by atoms with van der Waals surface area (Å²) < 4.78 is 19.5. The molecule has 236 valence electrons. The number of ether oxygens (including phenoxy) is 3. The molecule has 1 N–H and O–H groups in total. The monoisotopic (exact) mass is 595 g/mol. The molecule has 0 aromatic carbocycles. The van der Waals surface area contributed by atoms with E-state index in [4.69, 9.17) is 14.2 Å². The minimum Gasteiger partial charge on any atom is -0.457 e. The second kappa shape index (κ2) is 10.9. The lowest BCUT2D eigenvalue weighted by atomic mass is 9.46. The lowest BCUT2D eigenvalue weighted by molar-refractivity contribution is -0.210. The Morgan fingerprint density at radius 3 is 2.58 bits per heavy atom. The van der Waals surface area contributed by atoms with Crippen LogP contribution in [0.4, 0.5) is 0 Å². The number of aliphatic hydroxyl groups is 1. The molecule has 2 heterocycles. The number of carbonyl (C=O) groups is 3. The number of likely N-dealkylation sites (tertiary alicyclic amines) is 1. The quantitative estimate of drug-likeness (QED) is 0.467. The van der Waals surface area contributed by atoms with E-state index < -0.39 is 29.5 Å². The van der Waals surface area contributed by atoms with Gasteiger partial charge in [0.1, 0.15) is 0 Å². The minimum absolute atomic E-state index is 0.0198. The van der Waals surface area contributed by atoms with Crippen molar-refractivity contribution in [3.63, 3.8) is 0 Å². The summed E-state index contributed by atoms with van der Waals surface area (Å²) in [6, 6.07) is 0.